The Bertz CT molecular complexity index is 515. The number of benzene rings is 1. The van der Waals surface area contributed by atoms with E-state index in [0.717, 1.165) is 21.6 Å². The second-order valence-corrected chi connectivity index (χ2v) is 4.60. The predicted octanol–water partition coefficient (Wildman–Crippen LogP) is 2.90. The lowest BCUT2D eigenvalue weighted by atomic mass is 10.2. The van der Waals surface area contributed by atoms with Gasteiger partial charge in [0.1, 0.15) is 18.7 Å². The molecule has 0 spiro atoms. The second kappa shape index (κ2) is 5.51. The molecule has 90 valence electrons. The number of rotatable bonds is 4. The van der Waals surface area contributed by atoms with Gasteiger partial charge in [0.05, 0.1) is 0 Å². The minimum atomic E-state index is 0.389. The summed E-state index contributed by atoms with van der Waals surface area (Å²) in [6.07, 6.45) is 1.50. The fourth-order valence-corrected chi connectivity index (χ4v) is 2.11. The van der Waals surface area contributed by atoms with Crippen LogP contribution in [0.2, 0.25) is 0 Å². The van der Waals surface area contributed by atoms with Gasteiger partial charge in [-0.05, 0) is 23.8 Å². The van der Waals surface area contributed by atoms with E-state index in [-0.39, 0.29) is 0 Å². The predicted molar refractivity (Wildman–Crippen MR) is 69.0 cm³/mol. The molecule has 0 unspecified atom stereocenters. The highest BCUT2D eigenvalue weighted by atomic mass is 79.9. The molecular weight excluding hydrogens is 305 g/mol. The summed E-state index contributed by atoms with van der Waals surface area (Å²) in [5.74, 6) is 1.99. The van der Waals surface area contributed by atoms with Crippen LogP contribution in [0.4, 0.5) is 0 Å². The van der Waals surface area contributed by atoms with Crippen LogP contribution in [0.25, 0.3) is 0 Å². The van der Waals surface area contributed by atoms with Gasteiger partial charge in [-0.25, -0.2) is 4.98 Å². The van der Waals surface area contributed by atoms with Crippen molar-refractivity contribution >= 4 is 27.5 Å². The largest absolute Gasteiger partial charge is 0.486 e. The third-order valence-electron chi connectivity index (χ3n) is 2.33. The first-order valence-electron chi connectivity index (χ1n) is 5.01. The molecule has 0 aliphatic rings. The number of aromatic nitrogens is 3. The minimum Gasteiger partial charge on any atom is -0.486 e. The summed E-state index contributed by atoms with van der Waals surface area (Å²) < 4.78 is 8.29. The molecule has 1 heterocycles. The van der Waals surface area contributed by atoms with Gasteiger partial charge in [0, 0.05) is 17.4 Å². The zero-order chi connectivity index (χ0) is 12.3. The Hall–Kier alpha value is -1.07. The minimum absolute atomic E-state index is 0.389. The number of nitrogens with zero attached hydrogens (tertiary/aromatic N) is 3. The monoisotopic (exact) mass is 315 g/mol. The molecule has 1 aromatic carbocycles. The van der Waals surface area contributed by atoms with Crippen molar-refractivity contribution in [2.45, 2.75) is 12.5 Å². The SMILES string of the molecule is Cn1ncnc1COc1ccc(Br)c(CCl)c1. The van der Waals surface area contributed by atoms with Gasteiger partial charge in [-0.3, -0.25) is 4.68 Å². The summed E-state index contributed by atoms with van der Waals surface area (Å²) in [5, 5.41) is 3.97. The Kier molecular flexibility index (Phi) is 4.02. The van der Waals surface area contributed by atoms with E-state index in [1.807, 2.05) is 25.2 Å². The van der Waals surface area contributed by atoms with E-state index in [2.05, 4.69) is 26.0 Å². The average Bonchev–Trinajstić information content (AvgIpc) is 2.74. The van der Waals surface area contributed by atoms with Crippen molar-refractivity contribution < 1.29 is 4.74 Å². The van der Waals surface area contributed by atoms with Gasteiger partial charge < -0.3 is 4.74 Å². The van der Waals surface area contributed by atoms with Gasteiger partial charge in [-0.15, -0.1) is 11.6 Å². The quantitative estimate of drug-likeness (QED) is 0.814. The highest BCUT2D eigenvalue weighted by Crippen LogP contribution is 2.24. The molecule has 0 N–H and O–H groups in total. The number of ether oxygens (including phenoxy) is 1. The maximum absolute atomic E-state index is 5.82. The van der Waals surface area contributed by atoms with Crippen molar-refractivity contribution in [3.63, 3.8) is 0 Å². The van der Waals surface area contributed by atoms with Crippen molar-refractivity contribution in [2.75, 3.05) is 0 Å². The summed E-state index contributed by atoms with van der Waals surface area (Å²) in [4.78, 5) is 4.08. The molecule has 2 rings (SSSR count). The first-order chi connectivity index (χ1) is 8.20. The van der Waals surface area contributed by atoms with Crippen LogP contribution in [0.3, 0.4) is 0 Å². The van der Waals surface area contributed by atoms with E-state index in [1.165, 1.54) is 6.33 Å². The highest BCUT2D eigenvalue weighted by molar-refractivity contribution is 9.10. The van der Waals surface area contributed by atoms with Crippen LogP contribution in [0, 0.1) is 0 Å². The molecule has 6 heteroatoms. The molecule has 0 saturated heterocycles. The number of hydrogen-bond acceptors (Lipinski definition) is 3. The van der Waals surface area contributed by atoms with Crippen molar-refractivity contribution in [1.82, 2.24) is 14.8 Å². The summed E-state index contributed by atoms with van der Waals surface area (Å²) in [6, 6.07) is 5.72. The Balaban J connectivity index is 2.07. The van der Waals surface area contributed by atoms with E-state index in [9.17, 15) is 0 Å². The molecule has 0 bridgehead atoms. The van der Waals surface area contributed by atoms with Crippen molar-refractivity contribution in [2.24, 2.45) is 7.05 Å². The third kappa shape index (κ3) is 2.98. The van der Waals surface area contributed by atoms with Crippen LogP contribution in [-0.4, -0.2) is 14.8 Å². The van der Waals surface area contributed by atoms with Gasteiger partial charge >= 0.3 is 0 Å². The Morgan fingerprint density at radius 1 is 1.47 bits per heavy atom. The molecular formula is C11H11BrClN3O. The maximum Gasteiger partial charge on any atom is 0.164 e. The summed E-state index contributed by atoms with van der Waals surface area (Å²) in [5.41, 5.74) is 1.00. The molecule has 0 atom stereocenters. The number of aryl methyl sites for hydroxylation is 1. The third-order valence-corrected chi connectivity index (χ3v) is 3.40. The van der Waals surface area contributed by atoms with Gasteiger partial charge in [-0.2, -0.15) is 5.10 Å². The lowest BCUT2D eigenvalue weighted by Crippen LogP contribution is -2.04. The lowest BCUT2D eigenvalue weighted by Gasteiger charge is -2.07. The smallest absolute Gasteiger partial charge is 0.164 e. The Morgan fingerprint density at radius 3 is 2.94 bits per heavy atom. The molecule has 1 aromatic heterocycles. The molecule has 4 nitrogen and oxygen atoms in total. The van der Waals surface area contributed by atoms with E-state index < -0.39 is 0 Å². The molecule has 0 fully saturated rings. The van der Waals surface area contributed by atoms with E-state index in [0.29, 0.717) is 12.5 Å². The van der Waals surface area contributed by atoms with Crippen LogP contribution < -0.4 is 4.74 Å². The normalized spacial score (nSPS) is 10.5. The Morgan fingerprint density at radius 2 is 2.29 bits per heavy atom. The topological polar surface area (TPSA) is 39.9 Å². The second-order valence-electron chi connectivity index (χ2n) is 3.48. The average molecular weight is 317 g/mol. The molecule has 17 heavy (non-hydrogen) atoms. The summed E-state index contributed by atoms with van der Waals surface area (Å²) in [7, 11) is 1.83. The van der Waals surface area contributed by atoms with Crippen LogP contribution in [0.15, 0.2) is 29.0 Å². The summed E-state index contributed by atoms with van der Waals surface area (Å²) >= 11 is 9.24. The lowest BCUT2D eigenvalue weighted by molar-refractivity contribution is 0.289. The molecule has 0 aliphatic heterocycles. The van der Waals surface area contributed by atoms with Crippen LogP contribution in [0.1, 0.15) is 11.4 Å². The van der Waals surface area contributed by atoms with Crippen LogP contribution in [0.5, 0.6) is 5.75 Å². The van der Waals surface area contributed by atoms with Gasteiger partial charge in [0.15, 0.2) is 5.82 Å². The Labute approximate surface area is 113 Å². The number of hydrogen-bond donors (Lipinski definition) is 0. The zero-order valence-corrected chi connectivity index (χ0v) is 11.6. The zero-order valence-electron chi connectivity index (χ0n) is 9.23. The molecule has 0 saturated carbocycles. The number of halogens is 2. The first-order valence-corrected chi connectivity index (χ1v) is 6.33. The van der Waals surface area contributed by atoms with Gasteiger partial charge in [-0.1, -0.05) is 15.9 Å². The number of alkyl halides is 1. The first kappa shape index (κ1) is 12.4. The molecule has 0 aliphatic carbocycles. The summed E-state index contributed by atoms with van der Waals surface area (Å²) in [6.45, 7) is 0.389. The highest BCUT2D eigenvalue weighted by Gasteiger charge is 2.04. The van der Waals surface area contributed by atoms with E-state index in [4.69, 9.17) is 16.3 Å². The molecule has 2 aromatic rings. The van der Waals surface area contributed by atoms with E-state index in [1.54, 1.807) is 4.68 Å². The fourth-order valence-electron chi connectivity index (χ4n) is 1.34. The standard InChI is InChI=1S/C11H11BrClN3O/c1-16-11(14-7-15-16)6-17-9-2-3-10(12)8(4-9)5-13/h2-4,7H,5-6H2,1H3. The van der Waals surface area contributed by atoms with Gasteiger partial charge in [0.25, 0.3) is 0 Å². The molecule has 0 amide bonds. The van der Waals surface area contributed by atoms with E-state index >= 15 is 0 Å². The van der Waals surface area contributed by atoms with Gasteiger partial charge in [0.2, 0.25) is 0 Å². The van der Waals surface area contributed by atoms with Crippen LogP contribution in [-0.2, 0) is 19.5 Å². The maximum atomic E-state index is 5.82. The van der Waals surface area contributed by atoms with Crippen molar-refractivity contribution in [3.05, 3.63) is 40.4 Å². The van der Waals surface area contributed by atoms with Crippen molar-refractivity contribution in [3.8, 4) is 5.75 Å². The fraction of sp³-hybridized carbons (Fsp3) is 0.273. The molecule has 0 radical (unpaired) electrons. The van der Waals surface area contributed by atoms with Crippen LogP contribution >= 0.6 is 27.5 Å². The van der Waals surface area contributed by atoms with Crippen molar-refractivity contribution in [1.29, 1.82) is 0 Å².